The lowest BCUT2D eigenvalue weighted by atomic mass is 9.77. The predicted octanol–water partition coefficient (Wildman–Crippen LogP) is 5.04. The molecule has 0 bridgehead atoms. The topological polar surface area (TPSA) is 113 Å². The molecule has 238 valence electrons. The minimum absolute atomic E-state index is 0.117. The normalized spacial score (nSPS) is 19.3. The molecule has 2 aromatic heterocycles. The van der Waals surface area contributed by atoms with E-state index in [2.05, 4.69) is 39.8 Å². The van der Waals surface area contributed by atoms with Gasteiger partial charge in [0.2, 0.25) is 0 Å². The maximum atomic E-state index is 14.5. The van der Waals surface area contributed by atoms with Gasteiger partial charge in [-0.15, -0.1) is 10.2 Å². The molecule has 0 spiro atoms. The summed E-state index contributed by atoms with van der Waals surface area (Å²) in [5.74, 6) is 0. The highest BCUT2D eigenvalue weighted by Crippen LogP contribution is 2.46. The third kappa shape index (κ3) is 5.97. The van der Waals surface area contributed by atoms with Crippen molar-refractivity contribution in [2.24, 2.45) is 7.05 Å². The van der Waals surface area contributed by atoms with Crippen molar-refractivity contribution in [3.8, 4) is 10.7 Å². The third-order valence-electron chi connectivity index (χ3n) is 8.44. The van der Waals surface area contributed by atoms with Crippen LogP contribution in [0.5, 0.6) is 0 Å². The highest BCUT2D eigenvalue weighted by atomic mass is 32.2. The molecular formula is C27H37BF2N6O5S2Si. The molecule has 0 radical (unpaired) electrons. The number of halogens is 2. The Morgan fingerprint density at radius 1 is 1.18 bits per heavy atom. The van der Waals surface area contributed by atoms with E-state index in [1.165, 1.54) is 16.8 Å². The van der Waals surface area contributed by atoms with Gasteiger partial charge in [0, 0.05) is 32.6 Å². The van der Waals surface area contributed by atoms with Crippen molar-refractivity contribution in [2.75, 3.05) is 13.3 Å². The van der Waals surface area contributed by atoms with Gasteiger partial charge in [0.15, 0.2) is 10.0 Å². The highest BCUT2D eigenvalue weighted by Gasteiger charge is 2.61. The molecule has 11 nitrogen and oxygen atoms in total. The molecule has 3 heterocycles. The summed E-state index contributed by atoms with van der Waals surface area (Å²) in [6, 6.07) is 3.77. The van der Waals surface area contributed by atoms with Gasteiger partial charge in [0.25, 0.3) is 16.4 Å². The summed E-state index contributed by atoms with van der Waals surface area (Å²) in [4.78, 5) is 3.59. The number of sulfonamides is 1. The second kappa shape index (κ2) is 11.2. The monoisotopic (exact) mass is 666 g/mol. The fourth-order valence-corrected chi connectivity index (χ4v) is 8.03. The predicted molar refractivity (Wildman–Crippen MR) is 167 cm³/mol. The third-order valence-corrected chi connectivity index (χ3v) is 12.9. The number of benzene rings is 1. The van der Waals surface area contributed by atoms with Crippen LogP contribution in [-0.4, -0.2) is 78.1 Å². The molecule has 2 fully saturated rings. The van der Waals surface area contributed by atoms with Crippen molar-refractivity contribution in [1.82, 2.24) is 24.3 Å². The number of aryl methyl sites for hydroxylation is 1. The van der Waals surface area contributed by atoms with E-state index in [1.54, 1.807) is 7.05 Å². The lowest BCUT2D eigenvalue weighted by molar-refractivity contribution is 0.00578. The first-order chi connectivity index (χ1) is 20.3. The lowest BCUT2D eigenvalue weighted by Crippen LogP contribution is -2.43. The summed E-state index contributed by atoms with van der Waals surface area (Å²) in [7, 11) is -5.06. The van der Waals surface area contributed by atoms with Crippen LogP contribution in [-0.2, 0) is 31.1 Å². The molecule has 0 N–H and O–H groups in total. The number of nitrogens with zero attached hydrogens (tertiary/aromatic N) is 6. The van der Waals surface area contributed by atoms with Gasteiger partial charge in [-0.3, -0.25) is 9.53 Å². The van der Waals surface area contributed by atoms with Crippen LogP contribution in [0.15, 0.2) is 17.0 Å². The van der Waals surface area contributed by atoms with Gasteiger partial charge in [0.1, 0.15) is 12.4 Å². The van der Waals surface area contributed by atoms with Crippen LogP contribution < -0.4 is 5.46 Å². The summed E-state index contributed by atoms with van der Waals surface area (Å²) >= 11 is 0.686. The second-order valence-corrected chi connectivity index (χ2v) is 22.0. The van der Waals surface area contributed by atoms with E-state index in [0.717, 1.165) is 10.3 Å². The van der Waals surface area contributed by atoms with Crippen LogP contribution in [0.3, 0.4) is 0 Å². The van der Waals surface area contributed by atoms with Crippen LogP contribution in [0.4, 0.5) is 8.78 Å². The van der Waals surface area contributed by atoms with E-state index in [9.17, 15) is 17.2 Å². The minimum Gasteiger partial charge on any atom is -0.399 e. The maximum absolute atomic E-state index is 14.5. The van der Waals surface area contributed by atoms with Crippen molar-refractivity contribution in [3.05, 3.63) is 28.6 Å². The first kappa shape index (κ1) is 33.0. The Morgan fingerprint density at radius 2 is 1.82 bits per heavy atom. The molecule has 1 aliphatic heterocycles. The average Bonchev–Trinajstić information content (AvgIpc) is 3.28. The van der Waals surface area contributed by atoms with Crippen molar-refractivity contribution >= 4 is 52.9 Å². The molecule has 2 aliphatic rings. The average molecular weight is 667 g/mol. The number of aromatic nitrogens is 4. The molecule has 1 aromatic carbocycles. The van der Waals surface area contributed by atoms with Crippen molar-refractivity contribution < 1.29 is 31.2 Å². The number of alkyl halides is 2. The van der Waals surface area contributed by atoms with Crippen molar-refractivity contribution in [2.45, 2.75) is 94.4 Å². The second-order valence-electron chi connectivity index (χ2n) is 13.5. The Kier molecular flexibility index (Phi) is 8.40. The van der Waals surface area contributed by atoms with E-state index in [-0.39, 0.29) is 22.3 Å². The largest absolute Gasteiger partial charge is 0.497 e. The lowest BCUT2D eigenvalue weighted by Gasteiger charge is -2.32. The highest BCUT2D eigenvalue weighted by molar-refractivity contribution is 7.89. The van der Waals surface area contributed by atoms with Gasteiger partial charge < -0.3 is 14.0 Å². The van der Waals surface area contributed by atoms with Crippen LogP contribution >= 0.6 is 11.3 Å². The smallest absolute Gasteiger partial charge is 0.399 e. The minimum atomic E-state index is -4.32. The van der Waals surface area contributed by atoms with Gasteiger partial charge in [-0.25, -0.2) is 23.8 Å². The van der Waals surface area contributed by atoms with Gasteiger partial charge >= 0.3 is 12.8 Å². The molecule has 1 aliphatic carbocycles. The van der Waals surface area contributed by atoms with E-state index in [1.807, 2.05) is 27.7 Å². The van der Waals surface area contributed by atoms with Gasteiger partial charge in [0.05, 0.1) is 34.5 Å². The number of fused-ring (bicyclic) bond motifs is 1. The van der Waals surface area contributed by atoms with Crippen molar-refractivity contribution in [1.29, 1.82) is 0 Å². The van der Waals surface area contributed by atoms with Gasteiger partial charge in [-0.2, -0.15) is 5.10 Å². The quantitative estimate of drug-likeness (QED) is 0.121. The van der Waals surface area contributed by atoms with E-state index < -0.39 is 53.5 Å². The molecule has 0 unspecified atom stereocenters. The summed E-state index contributed by atoms with van der Waals surface area (Å²) in [6.07, 6.45) is -2.04. The molecule has 3 aromatic rings. The van der Waals surface area contributed by atoms with Crippen LogP contribution in [0.1, 0.15) is 52.0 Å². The number of rotatable bonds is 11. The van der Waals surface area contributed by atoms with Crippen molar-refractivity contribution in [3.63, 3.8) is 0 Å². The summed E-state index contributed by atoms with van der Waals surface area (Å²) in [5.41, 5.74) is -1.61. The van der Waals surface area contributed by atoms with Crippen LogP contribution in [0.2, 0.25) is 25.7 Å². The van der Waals surface area contributed by atoms with Crippen LogP contribution in [0.25, 0.3) is 26.4 Å². The summed E-state index contributed by atoms with van der Waals surface area (Å²) < 4.78 is 77.0. The first-order valence-corrected chi connectivity index (χ1v) is 20.3. The maximum Gasteiger partial charge on any atom is 0.497 e. The molecule has 1 saturated heterocycles. The summed E-state index contributed by atoms with van der Waals surface area (Å²) in [5, 5.41) is 12.1. The van der Waals surface area contributed by atoms with E-state index >= 15 is 0 Å². The zero-order valence-corrected chi connectivity index (χ0v) is 28.8. The SMILES string of the molecule is [C-]#[N+]C1(N(COCC[Si](C)(C)C)S(=O)(=O)c2cc(B3OC(C)(C)C(C)(C)O3)c3c(c2)c(-c2nnc(C(F)F)s2)nn3C)CC1. The fourth-order valence-electron chi connectivity index (χ4n) is 4.90. The Morgan fingerprint density at radius 3 is 2.34 bits per heavy atom. The number of hydrogen-bond acceptors (Lipinski definition) is 9. The zero-order chi connectivity index (χ0) is 32.5. The summed E-state index contributed by atoms with van der Waals surface area (Å²) in [6.45, 7) is 22.1. The fraction of sp³-hybridized carbons (Fsp3) is 0.630. The van der Waals surface area contributed by atoms with E-state index in [4.69, 9.17) is 20.6 Å². The Labute approximate surface area is 261 Å². The molecular weight excluding hydrogens is 629 g/mol. The van der Waals surface area contributed by atoms with E-state index in [0.29, 0.717) is 47.2 Å². The number of ether oxygens (including phenoxy) is 1. The molecule has 44 heavy (non-hydrogen) atoms. The Balaban J connectivity index is 1.67. The Hall–Kier alpha value is -2.33. The zero-order valence-electron chi connectivity index (χ0n) is 26.1. The van der Waals surface area contributed by atoms with Crippen LogP contribution in [0, 0.1) is 6.57 Å². The Bertz CT molecular complexity index is 1710. The standard InChI is InChI=1S/C27H37BF2N6O5S2Si/c1-25(2)26(3,4)41-28(40-25)19-15-17(14-18-20(34-35(6)21(18)19)23-32-33-24(42-23)22(29)30)43(37,38)36(27(31-5)10-11-27)16-39-12-13-44(7,8)9/h14-15,22H,10-13,16H2,1-4,6-9H3. The molecule has 17 heteroatoms. The van der Waals surface area contributed by atoms with Gasteiger partial charge in [-0.1, -0.05) is 35.3 Å². The molecule has 1 saturated carbocycles. The first-order valence-electron chi connectivity index (χ1n) is 14.3. The molecule has 0 atom stereocenters. The number of hydrogen-bond donors (Lipinski definition) is 0. The molecule has 5 rings (SSSR count). The molecule has 0 amide bonds. The van der Waals surface area contributed by atoms with Gasteiger partial charge in [-0.05, 0) is 45.9 Å².